The van der Waals surface area contributed by atoms with Crippen LogP contribution in [0.25, 0.3) is 0 Å². The van der Waals surface area contributed by atoms with E-state index >= 15 is 0 Å². The largest absolute Gasteiger partial charge is 0.354 e. The molecular weight excluding hydrogens is 328 g/mol. The van der Waals surface area contributed by atoms with Crippen molar-refractivity contribution in [2.45, 2.75) is 51.6 Å². The summed E-state index contributed by atoms with van der Waals surface area (Å²) >= 11 is 1.16. The van der Waals surface area contributed by atoms with E-state index in [2.05, 4.69) is 5.32 Å². The molecule has 0 saturated carbocycles. The van der Waals surface area contributed by atoms with Gasteiger partial charge in [-0.2, -0.15) is 0 Å². The van der Waals surface area contributed by atoms with Gasteiger partial charge in [0.05, 0.1) is 0 Å². The van der Waals surface area contributed by atoms with Gasteiger partial charge in [-0.15, -0.1) is 0 Å². The van der Waals surface area contributed by atoms with Crippen LogP contribution in [0.5, 0.6) is 0 Å². The van der Waals surface area contributed by atoms with E-state index in [1.165, 1.54) is 0 Å². The number of nitrogens with two attached hydrogens (primary N) is 1. The lowest BCUT2D eigenvalue weighted by Gasteiger charge is -2.36. The van der Waals surface area contributed by atoms with Crippen molar-refractivity contribution in [3.63, 3.8) is 0 Å². The van der Waals surface area contributed by atoms with Gasteiger partial charge in [0, 0.05) is 56.1 Å². The number of hydrogen-bond acceptors (Lipinski definition) is 5. The number of aromatic nitrogens is 1. The Balaban J connectivity index is 1.90. The van der Waals surface area contributed by atoms with Gasteiger partial charge in [0.1, 0.15) is 0 Å². The molecule has 0 aliphatic carbocycles. The number of piperidine rings is 1. The Morgan fingerprint density at radius 2 is 2.17 bits per heavy atom. The van der Waals surface area contributed by atoms with E-state index in [4.69, 9.17) is 5.73 Å². The fourth-order valence-electron chi connectivity index (χ4n) is 3.02. The molecular formula is C16H26N4O3S. The minimum absolute atomic E-state index is 0.0236. The number of aryl methyl sites for hydroxylation is 1. The lowest BCUT2D eigenvalue weighted by molar-refractivity contribution is -0.135. The number of rotatable bonds is 7. The summed E-state index contributed by atoms with van der Waals surface area (Å²) in [6.45, 7) is 3.80. The predicted octanol–water partition coefficient (Wildman–Crippen LogP) is 0.454. The second-order valence-electron chi connectivity index (χ2n) is 6.12. The van der Waals surface area contributed by atoms with Crippen LogP contribution in [0.3, 0.4) is 0 Å². The van der Waals surface area contributed by atoms with Crippen molar-refractivity contribution < 1.29 is 9.59 Å². The maximum atomic E-state index is 12.6. The molecule has 134 valence electrons. The first-order valence-corrected chi connectivity index (χ1v) is 9.32. The summed E-state index contributed by atoms with van der Waals surface area (Å²) < 4.78 is 1.64. The van der Waals surface area contributed by atoms with E-state index in [1.807, 2.05) is 17.2 Å². The van der Waals surface area contributed by atoms with Gasteiger partial charge < -0.3 is 20.5 Å². The van der Waals surface area contributed by atoms with Crippen LogP contribution in [-0.2, 0) is 16.1 Å². The zero-order chi connectivity index (χ0) is 17.5. The fourth-order valence-corrected chi connectivity index (χ4v) is 3.78. The molecule has 1 fully saturated rings. The van der Waals surface area contributed by atoms with E-state index in [-0.39, 0.29) is 22.7 Å². The van der Waals surface area contributed by atoms with Crippen LogP contribution in [0.2, 0.25) is 0 Å². The van der Waals surface area contributed by atoms with Crippen LogP contribution < -0.4 is 15.9 Å². The first kappa shape index (κ1) is 18.7. The summed E-state index contributed by atoms with van der Waals surface area (Å²) in [5.41, 5.74) is 6.26. The summed E-state index contributed by atoms with van der Waals surface area (Å²) in [4.78, 5) is 37.7. The quantitative estimate of drug-likeness (QED) is 0.743. The number of likely N-dealkylation sites (tertiary alicyclic amines) is 1. The van der Waals surface area contributed by atoms with E-state index < -0.39 is 0 Å². The fraction of sp³-hybridized carbons (Fsp3) is 0.688. The average molecular weight is 354 g/mol. The molecule has 1 aliphatic rings. The molecule has 2 heterocycles. The Morgan fingerprint density at radius 3 is 2.83 bits per heavy atom. The van der Waals surface area contributed by atoms with E-state index in [0.717, 1.165) is 36.3 Å². The summed E-state index contributed by atoms with van der Waals surface area (Å²) in [5.74, 6) is -0.0267. The molecule has 2 amide bonds. The predicted molar refractivity (Wildman–Crippen MR) is 94.0 cm³/mol. The van der Waals surface area contributed by atoms with Gasteiger partial charge in [-0.05, 0) is 26.2 Å². The second kappa shape index (κ2) is 8.98. The first-order valence-electron chi connectivity index (χ1n) is 8.44. The molecule has 0 aromatic carbocycles. The number of hydrogen-bond donors (Lipinski definition) is 2. The highest BCUT2D eigenvalue weighted by Crippen LogP contribution is 2.18. The maximum Gasteiger partial charge on any atom is 0.307 e. The van der Waals surface area contributed by atoms with Gasteiger partial charge >= 0.3 is 4.87 Å². The molecule has 0 spiro atoms. The van der Waals surface area contributed by atoms with Crippen LogP contribution in [-0.4, -0.2) is 47.0 Å². The van der Waals surface area contributed by atoms with Crippen molar-refractivity contribution in [2.75, 3.05) is 19.6 Å². The van der Waals surface area contributed by atoms with E-state index in [1.54, 1.807) is 4.57 Å². The van der Waals surface area contributed by atoms with Gasteiger partial charge in [0.25, 0.3) is 0 Å². The third kappa shape index (κ3) is 4.91. The minimum atomic E-state index is -0.0732. The monoisotopic (exact) mass is 354 g/mol. The van der Waals surface area contributed by atoms with Gasteiger partial charge in [0.15, 0.2) is 0 Å². The van der Waals surface area contributed by atoms with Crippen LogP contribution in [0.1, 0.15) is 37.8 Å². The second-order valence-corrected chi connectivity index (χ2v) is 6.94. The highest BCUT2D eigenvalue weighted by molar-refractivity contribution is 7.07. The topological polar surface area (TPSA) is 97.4 Å². The Morgan fingerprint density at radius 1 is 1.38 bits per heavy atom. The lowest BCUT2D eigenvalue weighted by Crippen LogP contribution is -2.49. The maximum absolute atomic E-state index is 12.6. The Hall–Kier alpha value is -1.67. The smallest absolute Gasteiger partial charge is 0.307 e. The molecule has 2 rings (SSSR count). The third-order valence-corrected chi connectivity index (χ3v) is 5.26. The Labute approximate surface area is 145 Å². The molecule has 1 saturated heterocycles. The van der Waals surface area contributed by atoms with Crippen molar-refractivity contribution in [3.8, 4) is 0 Å². The summed E-state index contributed by atoms with van der Waals surface area (Å²) in [7, 11) is 0. The van der Waals surface area contributed by atoms with Crippen molar-refractivity contribution >= 4 is 23.2 Å². The number of carbonyl (C=O) groups is 2. The van der Waals surface area contributed by atoms with Gasteiger partial charge in [-0.1, -0.05) is 11.3 Å². The lowest BCUT2D eigenvalue weighted by atomic mass is 10.0. The van der Waals surface area contributed by atoms with Crippen LogP contribution >= 0.6 is 11.3 Å². The molecule has 1 unspecified atom stereocenters. The molecule has 1 aliphatic heterocycles. The molecule has 0 radical (unpaired) electrons. The standard InChI is InChI=1S/C16H26N4O3S/c1-12-11-24-16(23)19(12)9-6-15(22)20-8-3-2-4-13(20)10-18-14(21)5-7-17/h11,13H,2-10,17H2,1H3,(H,18,21). The summed E-state index contributed by atoms with van der Waals surface area (Å²) in [6, 6.07) is 0.0354. The highest BCUT2D eigenvalue weighted by Gasteiger charge is 2.26. The summed E-state index contributed by atoms with van der Waals surface area (Å²) in [5, 5.41) is 4.67. The number of nitrogens with zero attached hydrogens (tertiary/aromatic N) is 2. The number of carbonyl (C=O) groups excluding carboxylic acids is 2. The van der Waals surface area contributed by atoms with Gasteiger partial charge in [-0.25, -0.2) is 0 Å². The Bertz CT molecular complexity index is 625. The normalized spacial score (nSPS) is 17.8. The number of nitrogens with one attached hydrogen (secondary N) is 1. The van der Waals surface area contributed by atoms with E-state index in [9.17, 15) is 14.4 Å². The Kier molecular flexibility index (Phi) is 6.99. The first-order chi connectivity index (χ1) is 11.5. The minimum Gasteiger partial charge on any atom is -0.354 e. The molecule has 8 heteroatoms. The zero-order valence-electron chi connectivity index (χ0n) is 14.1. The number of thiazole rings is 1. The third-order valence-electron chi connectivity index (χ3n) is 4.38. The SMILES string of the molecule is Cc1csc(=O)n1CCC(=O)N1CCCCC1CNC(=O)CCN. The number of amides is 2. The molecule has 3 N–H and O–H groups in total. The van der Waals surface area contributed by atoms with Crippen LogP contribution in [0.15, 0.2) is 10.2 Å². The molecule has 7 nitrogen and oxygen atoms in total. The van der Waals surface area contributed by atoms with Crippen molar-refractivity contribution in [2.24, 2.45) is 5.73 Å². The van der Waals surface area contributed by atoms with Gasteiger partial charge in [-0.3, -0.25) is 14.4 Å². The molecule has 1 aromatic rings. The van der Waals surface area contributed by atoms with Crippen LogP contribution in [0, 0.1) is 6.92 Å². The summed E-state index contributed by atoms with van der Waals surface area (Å²) in [6.07, 6.45) is 3.55. The van der Waals surface area contributed by atoms with Crippen LogP contribution in [0.4, 0.5) is 0 Å². The van der Waals surface area contributed by atoms with Crippen molar-refractivity contribution in [1.29, 1.82) is 0 Å². The zero-order valence-corrected chi connectivity index (χ0v) is 14.9. The average Bonchev–Trinajstić information content (AvgIpc) is 2.89. The van der Waals surface area contributed by atoms with Gasteiger partial charge in [0.2, 0.25) is 11.8 Å². The molecule has 24 heavy (non-hydrogen) atoms. The molecule has 0 bridgehead atoms. The molecule has 1 atom stereocenters. The van der Waals surface area contributed by atoms with E-state index in [0.29, 0.717) is 39.0 Å². The van der Waals surface area contributed by atoms with Crippen molar-refractivity contribution in [1.82, 2.24) is 14.8 Å². The molecule has 1 aromatic heterocycles. The van der Waals surface area contributed by atoms with Crippen molar-refractivity contribution in [3.05, 3.63) is 20.7 Å². The highest BCUT2D eigenvalue weighted by atomic mass is 32.1.